The fourth-order valence-corrected chi connectivity index (χ4v) is 3.82. The molecular weight excluding hydrogens is 202 g/mol. The molecule has 92 valence electrons. The van der Waals surface area contributed by atoms with Gasteiger partial charge in [-0.2, -0.15) is 0 Å². The number of aliphatic carboxylic acids is 1. The van der Waals surface area contributed by atoms with E-state index in [1.165, 1.54) is 32.1 Å². The lowest BCUT2D eigenvalue weighted by Crippen LogP contribution is -2.41. The zero-order valence-electron chi connectivity index (χ0n) is 9.95. The van der Waals surface area contributed by atoms with E-state index in [4.69, 9.17) is 10.8 Å². The minimum absolute atomic E-state index is 0.0929. The van der Waals surface area contributed by atoms with Crippen LogP contribution < -0.4 is 5.73 Å². The van der Waals surface area contributed by atoms with Crippen LogP contribution in [-0.4, -0.2) is 17.6 Å². The molecule has 2 aliphatic rings. The molecule has 0 saturated heterocycles. The Balaban J connectivity index is 2.03. The number of rotatable bonds is 3. The standard InChI is InChI=1S/C13H23NO2/c14-9-13(8-12(15)16)6-5-10-3-1-2-4-11(10)7-13/h10-11H,1-9,14H2,(H,15,16)/t10-,11+,13+/m0/s1. The van der Waals surface area contributed by atoms with Crippen LogP contribution >= 0.6 is 0 Å². The number of hydrogen-bond donors (Lipinski definition) is 2. The highest BCUT2D eigenvalue weighted by atomic mass is 16.4. The van der Waals surface area contributed by atoms with Crippen LogP contribution in [0.4, 0.5) is 0 Å². The van der Waals surface area contributed by atoms with Crippen molar-refractivity contribution in [1.82, 2.24) is 0 Å². The van der Waals surface area contributed by atoms with Crippen molar-refractivity contribution < 1.29 is 9.90 Å². The Morgan fingerprint density at radius 2 is 1.94 bits per heavy atom. The molecule has 0 aromatic carbocycles. The van der Waals surface area contributed by atoms with Crippen molar-refractivity contribution >= 4 is 5.97 Å². The molecule has 0 amide bonds. The molecule has 3 atom stereocenters. The summed E-state index contributed by atoms with van der Waals surface area (Å²) in [6.07, 6.45) is 8.91. The Labute approximate surface area is 97.4 Å². The van der Waals surface area contributed by atoms with E-state index in [2.05, 4.69) is 0 Å². The molecule has 0 aliphatic heterocycles. The first-order chi connectivity index (χ1) is 7.65. The van der Waals surface area contributed by atoms with E-state index >= 15 is 0 Å². The summed E-state index contributed by atoms with van der Waals surface area (Å²) in [5.74, 6) is 0.937. The summed E-state index contributed by atoms with van der Waals surface area (Å²) in [7, 11) is 0. The molecule has 0 spiro atoms. The van der Waals surface area contributed by atoms with Crippen molar-refractivity contribution in [2.24, 2.45) is 23.0 Å². The van der Waals surface area contributed by atoms with Gasteiger partial charge in [0, 0.05) is 0 Å². The van der Waals surface area contributed by atoms with E-state index in [1.807, 2.05) is 0 Å². The van der Waals surface area contributed by atoms with Crippen LogP contribution in [0.5, 0.6) is 0 Å². The molecule has 2 fully saturated rings. The smallest absolute Gasteiger partial charge is 0.303 e. The molecule has 0 unspecified atom stereocenters. The number of hydrogen-bond acceptors (Lipinski definition) is 2. The first-order valence-electron chi connectivity index (χ1n) is 6.57. The highest BCUT2D eigenvalue weighted by Gasteiger charge is 2.41. The molecule has 0 bridgehead atoms. The van der Waals surface area contributed by atoms with Crippen molar-refractivity contribution in [1.29, 1.82) is 0 Å². The molecule has 0 radical (unpaired) electrons. The minimum Gasteiger partial charge on any atom is -0.481 e. The zero-order chi connectivity index (χ0) is 11.6. The molecule has 0 heterocycles. The van der Waals surface area contributed by atoms with Gasteiger partial charge in [-0.3, -0.25) is 4.79 Å². The lowest BCUT2D eigenvalue weighted by molar-refractivity contribution is -0.141. The molecule has 3 nitrogen and oxygen atoms in total. The van der Waals surface area contributed by atoms with E-state index in [-0.39, 0.29) is 11.8 Å². The maximum atomic E-state index is 10.9. The van der Waals surface area contributed by atoms with Crippen molar-refractivity contribution in [2.75, 3.05) is 6.54 Å². The predicted molar refractivity (Wildman–Crippen MR) is 63.0 cm³/mol. The average molecular weight is 225 g/mol. The molecule has 3 heteroatoms. The summed E-state index contributed by atoms with van der Waals surface area (Å²) < 4.78 is 0. The summed E-state index contributed by atoms with van der Waals surface area (Å²) >= 11 is 0. The SMILES string of the molecule is NC[C@]1(CC(=O)O)CC[C@@H]2CCCC[C@@H]2C1. The Bertz CT molecular complexity index is 267. The first-order valence-corrected chi connectivity index (χ1v) is 6.57. The minimum atomic E-state index is -0.681. The Hall–Kier alpha value is -0.570. The summed E-state index contributed by atoms with van der Waals surface area (Å²) in [6, 6.07) is 0. The number of carbonyl (C=O) groups is 1. The molecular formula is C13H23NO2. The van der Waals surface area contributed by atoms with Gasteiger partial charge < -0.3 is 10.8 Å². The second-order valence-corrected chi connectivity index (χ2v) is 5.82. The van der Waals surface area contributed by atoms with Crippen molar-refractivity contribution in [3.8, 4) is 0 Å². The Morgan fingerprint density at radius 3 is 2.56 bits per heavy atom. The molecule has 2 saturated carbocycles. The predicted octanol–water partition coefficient (Wildman–Crippen LogP) is 2.40. The van der Waals surface area contributed by atoms with E-state index in [9.17, 15) is 4.79 Å². The van der Waals surface area contributed by atoms with Crippen LogP contribution in [0.15, 0.2) is 0 Å². The van der Waals surface area contributed by atoms with E-state index in [0.29, 0.717) is 6.54 Å². The maximum Gasteiger partial charge on any atom is 0.303 e. The van der Waals surface area contributed by atoms with Crippen LogP contribution in [0, 0.1) is 17.3 Å². The molecule has 2 rings (SSSR count). The molecule has 3 N–H and O–H groups in total. The summed E-state index contributed by atoms with van der Waals surface area (Å²) in [4.78, 5) is 10.9. The van der Waals surface area contributed by atoms with Gasteiger partial charge in [0.1, 0.15) is 0 Å². The quantitative estimate of drug-likeness (QED) is 0.775. The topological polar surface area (TPSA) is 63.3 Å². The van der Waals surface area contributed by atoms with E-state index in [1.54, 1.807) is 0 Å². The van der Waals surface area contributed by atoms with Gasteiger partial charge in [-0.15, -0.1) is 0 Å². The summed E-state index contributed by atoms with van der Waals surface area (Å²) in [6.45, 7) is 0.544. The lowest BCUT2D eigenvalue weighted by atomic mass is 9.60. The monoisotopic (exact) mass is 225 g/mol. The molecule has 2 aliphatic carbocycles. The first kappa shape index (κ1) is 11.9. The second-order valence-electron chi connectivity index (χ2n) is 5.82. The van der Waals surface area contributed by atoms with Gasteiger partial charge in [0.15, 0.2) is 0 Å². The lowest BCUT2D eigenvalue weighted by Gasteiger charge is -2.45. The highest BCUT2D eigenvalue weighted by Crippen LogP contribution is 2.49. The number of carboxylic acids is 1. The number of carboxylic acid groups (broad SMARTS) is 1. The van der Waals surface area contributed by atoms with Gasteiger partial charge >= 0.3 is 5.97 Å². The number of fused-ring (bicyclic) bond motifs is 1. The van der Waals surface area contributed by atoms with Gasteiger partial charge in [0.25, 0.3) is 0 Å². The molecule has 16 heavy (non-hydrogen) atoms. The van der Waals surface area contributed by atoms with Crippen LogP contribution in [-0.2, 0) is 4.79 Å². The van der Waals surface area contributed by atoms with Crippen molar-refractivity contribution in [3.05, 3.63) is 0 Å². The molecule has 0 aromatic heterocycles. The van der Waals surface area contributed by atoms with E-state index < -0.39 is 5.97 Å². The van der Waals surface area contributed by atoms with Gasteiger partial charge in [-0.25, -0.2) is 0 Å². The van der Waals surface area contributed by atoms with Crippen molar-refractivity contribution in [2.45, 2.75) is 51.4 Å². The van der Waals surface area contributed by atoms with Gasteiger partial charge in [0.2, 0.25) is 0 Å². The Kier molecular flexibility index (Phi) is 3.53. The third-order valence-corrected chi connectivity index (χ3v) is 4.77. The third kappa shape index (κ3) is 2.40. The molecule has 0 aromatic rings. The van der Waals surface area contributed by atoms with Crippen molar-refractivity contribution in [3.63, 3.8) is 0 Å². The second kappa shape index (κ2) is 4.74. The highest BCUT2D eigenvalue weighted by molar-refractivity contribution is 5.67. The fraction of sp³-hybridized carbons (Fsp3) is 0.923. The van der Waals surface area contributed by atoms with Crippen LogP contribution in [0.2, 0.25) is 0 Å². The van der Waals surface area contributed by atoms with E-state index in [0.717, 1.165) is 24.7 Å². The largest absolute Gasteiger partial charge is 0.481 e. The van der Waals surface area contributed by atoms with Crippen LogP contribution in [0.1, 0.15) is 51.4 Å². The van der Waals surface area contributed by atoms with Crippen LogP contribution in [0.25, 0.3) is 0 Å². The Morgan fingerprint density at radius 1 is 1.25 bits per heavy atom. The summed E-state index contributed by atoms with van der Waals surface area (Å²) in [5, 5.41) is 9.00. The number of nitrogens with two attached hydrogens (primary N) is 1. The van der Waals surface area contributed by atoms with Gasteiger partial charge in [-0.05, 0) is 43.1 Å². The maximum absolute atomic E-state index is 10.9. The average Bonchev–Trinajstić information content (AvgIpc) is 2.28. The zero-order valence-corrected chi connectivity index (χ0v) is 9.95. The van der Waals surface area contributed by atoms with Crippen LogP contribution in [0.3, 0.4) is 0 Å². The summed E-state index contributed by atoms with van der Waals surface area (Å²) in [5.41, 5.74) is 5.75. The van der Waals surface area contributed by atoms with Gasteiger partial charge in [-0.1, -0.05) is 25.7 Å². The normalized spacial score (nSPS) is 39.1. The fourth-order valence-electron chi connectivity index (χ4n) is 3.82. The van der Waals surface area contributed by atoms with Gasteiger partial charge in [0.05, 0.1) is 6.42 Å². The third-order valence-electron chi connectivity index (χ3n) is 4.77.